The first kappa shape index (κ1) is 18.2. The second kappa shape index (κ2) is 8.18. The maximum atomic E-state index is 12.9. The fourth-order valence-corrected chi connectivity index (χ4v) is 3.35. The van der Waals surface area contributed by atoms with E-state index in [-0.39, 0.29) is 17.6 Å². The second-order valence-electron chi connectivity index (χ2n) is 6.04. The number of rotatable bonds is 6. The number of primary amides is 1. The van der Waals surface area contributed by atoms with Crippen LogP contribution in [0.5, 0.6) is 11.6 Å². The summed E-state index contributed by atoms with van der Waals surface area (Å²) in [6.07, 6.45) is 2.08. The fourth-order valence-electron chi connectivity index (χ4n) is 2.73. The second-order valence-corrected chi connectivity index (χ2v) is 7.06. The zero-order chi connectivity index (χ0) is 18.5. The molecule has 0 aliphatic carbocycles. The molecule has 0 radical (unpaired) electrons. The van der Waals surface area contributed by atoms with Crippen LogP contribution in [0.1, 0.15) is 12.0 Å². The lowest BCUT2D eigenvalue weighted by Gasteiger charge is -2.16. The highest BCUT2D eigenvalue weighted by Crippen LogP contribution is 2.24. The highest BCUT2D eigenvalue weighted by molar-refractivity contribution is 8.13. The molecule has 2 heterocycles. The summed E-state index contributed by atoms with van der Waals surface area (Å²) in [7, 11) is 0. The Kier molecular flexibility index (Phi) is 5.72. The average Bonchev–Trinajstić information content (AvgIpc) is 2.96. The van der Waals surface area contributed by atoms with E-state index in [1.54, 1.807) is 17.2 Å². The van der Waals surface area contributed by atoms with Gasteiger partial charge in [-0.1, -0.05) is 17.8 Å². The molecule has 1 fully saturated rings. The minimum absolute atomic E-state index is 0.0618. The Bertz CT molecular complexity index is 783. The van der Waals surface area contributed by atoms with Crippen molar-refractivity contribution in [2.45, 2.75) is 13.0 Å². The third kappa shape index (κ3) is 4.95. The fraction of sp³-hybridized carbons (Fsp3) is 0.278. The van der Waals surface area contributed by atoms with Crippen LogP contribution in [0.3, 0.4) is 0 Å². The monoisotopic (exact) mass is 375 g/mol. The molecule has 1 aromatic carbocycles. The zero-order valence-electron chi connectivity index (χ0n) is 13.9. The maximum absolute atomic E-state index is 12.9. The number of thioether (sulfide) groups is 1. The molecule has 3 rings (SSSR count). The molecule has 0 bridgehead atoms. The SMILES string of the molecule is NC(=O)SC[C@@H]1CC(=O)N(Cc2ccc(Oc3ccc(F)cc3)nc2)C1. The van der Waals surface area contributed by atoms with Crippen LogP contribution in [-0.2, 0) is 11.3 Å². The highest BCUT2D eigenvalue weighted by atomic mass is 32.2. The summed E-state index contributed by atoms with van der Waals surface area (Å²) in [5.74, 6) is 1.31. The number of likely N-dealkylation sites (tertiary alicyclic amines) is 1. The van der Waals surface area contributed by atoms with Crippen LogP contribution in [0, 0.1) is 11.7 Å². The van der Waals surface area contributed by atoms with Crippen LogP contribution in [0.2, 0.25) is 0 Å². The number of hydrogen-bond acceptors (Lipinski definition) is 5. The topological polar surface area (TPSA) is 85.5 Å². The molecule has 26 heavy (non-hydrogen) atoms. The van der Waals surface area contributed by atoms with Gasteiger partial charge in [-0.2, -0.15) is 0 Å². The van der Waals surface area contributed by atoms with E-state index in [0.29, 0.717) is 36.9 Å². The number of nitrogens with two attached hydrogens (primary N) is 1. The Balaban J connectivity index is 1.54. The molecule has 8 heteroatoms. The molecule has 1 aromatic heterocycles. The quantitative estimate of drug-likeness (QED) is 0.838. The largest absolute Gasteiger partial charge is 0.439 e. The number of ether oxygens (including phenoxy) is 1. The summed E-state index contributed by atoms with van der Waals surface area (Å²) in [6.45, 7) is 1.06. The Morgan fingerprint density at radius 2 is 2.08 bits per heavy atom. The van der Waals surface area contributed by atoms with Gasteiger partial charge < -0.3 is 15.4 Å². The Hall–Kier alpha value is -2.61. The predicted octanol–water partition coefficient (Wildman–Crippen LogP) is 3.17. The summed E-state index contributed by atoms with van der Waals surface area (Å²) in [4.78, 5) is 28.9. The molecular weight excluding hydrogens is 357 g/mol. The lowest BCUT2D eigenvalue weighted by atomic mass is 10.1. The number of hydrogen-bond donors (Lipinski definition) is 1. The zero-order valence-corrected chi connectivity index (χ0v) is 14.7. The minimum Gasteiger partial charge on any atom is -0.439 e. The van der Waals surface area contributed by atoms with Crippen LogP contribution in [0.25, 0.3) is 0 Å². The molecule has 1 atom stereocenters. The molecule has 1 aliphatic rings. The molecule has 6 nitrogen and oxygen atoms in total. The van der Waals surface area contributed by atoms with Crippen LogP contribution < -0.4 is 10.5 Å². The summed E-state index contributed by atoms with van der Waals surface area (Å²) >= 11 is 1.05. The van der Waals surface area contributed by atoms with Crippen molar-refractivity contribution in [2.75, 3.05) is 12.3 Å². The smallest absolute Gasteiger partial charge is 0.276 e. The molecule has 136 valence electrons. The first-order valence-electron chi connectivity index (χ1n) is 8.08. The van der Waals surface area contributed by atoms with E-state index in [9.17, 15) is 14.0 Å². The van der Waals surface area contributed by atoms with Crippen LogP contribution >= 0.6 is 11.8 Å². The summed E-state index contributed by atoms with van der Waals surface area (Å²) < 4.78 is 18.4. The van der Waals surface area contributed by atoms with E-state index in [0.717, 1.165) is 17.3 Å². The molecule has 1 aliphatic heterocycles. The van der Waals surface area contributed by atoms with Crippen molar-refractivity contribution >= 4 is 22.9 Å². The van der Waals surface area contributed by atoms with E-state index in [1.165, 1.54) is 24.3 Å². The Labute approximate surface area is 154 Å². The van der Waals surface area contributed by atoms with Crippen molar-refractivity contribution in [1.29, 1.82) is 0 Å². The molecule has 2 N–H and O–H groups in total. The number of halogens is 1. The average molecular weight is 375 g/mol. The standard InChI is InChI=1S/C18H18FN3O3S/c19-14-2-4-15(5-3-14)25-16-6-1-12(8-21-16)9-22-10-13(7-17(22)23)11-26-18(20)24/h1-6,8,13H,7,9-11H2,(H2,20,24)/t13-/m1/s1. The van der Waals surface area contributed by atoms with E-state index >= 15 is 0 Å². The normalized spacial score (nSPS) is 16.7. The molecule has 1 saturated heterocycles. The number of carbonyl (C=O) groups excluding carboxylic acids is 2. The number of nitrogens with zero attached hydrogens (tertiary/aromatic N) is 2. The van der Waals surface area contributed by atoms with Crippen molar-refractivity contribution in [3.63, 3.8) is 0 Å². The number of pyridine rings is 1. The molecule has 0 spiro atoms. The highest BCUT2D eigenvalue weighted by Gasteiger charge is 2.29. The number of carbonyl (C=O) groups is 2. The van der Waals surface area contributed by atoms with Crippen molar-refractivity contribution in [1.82, 2.24) is 9.88 Å². The summed E-state index contributed by atoms with van der Waals surface area (Å²) in [5.41, 5.74) is 6.01. The maximum Gasteiger partial charge on any atom is 0.276 e. The number of amides is 2. The van der Waals surface area contributed by atoms with Gasteiger partial charge in [0.15, 0.2) is 0 Å². The van der Waals surface area contributed by atoms with Crippen LogP contribution in [0.4, 0.5) is 9.18 Å². The van der Waals surface area contributed by atoms with Crippen LogP contribution in [-0.4, -0.2) is 33.3 Å². The van der Waals surface area contributed by atoms with Gasteiger partial charge in [-0.05, 0) is 35.7 Å². The van der Waals surface area contributed by atoms with Gasteiger partial charge in [-0.25, -0.2) is 9.37 Å². The summed E-state index contributed by atoms with van der Waals surface area (Å²) in [5, 5.41) is -0.420. The Morgan fingerprint density at radius 1 is 1.31 bits per heavy atom. The number of aromatic nitrogens is 1. The van der Waals surface area contributed by atoms with Crippen LogP contribution in [0.15, 0.2) is 42.6 Å². The molecule has 0 saturated carbocycles. The predicted molar refractivity (Wildman–Crippen MR) is 96.3 cm³/mol. The van der Waals surface area contributed by atoms with Gasteiger partial charge in [0, 0.05) is 37.5 Å². The lowest BCUT2D eigenvalue weighted by Crippen LogP contribution is -2.25. The Morgan fingerprint density at radius 3 is 2.73 bits per heavy atom. The van der Waals surface area contributed by atoms with Crippen molar-refractivity contribution in [3.8, 4) is 11.6 Å². The number of benzene rings is 1. The molecule has 2 amide bonds. The van der Waals surface area contributed by atoms with Gasteiger partial charge in [0.2, 0.25) is 11.8 Å². The van der Waals surface area contributed by atoms with Gasteiger partial charge in [0.25, 0.3) is 5.24 Å². The van der Waals surface area contributed by atoms with Gasteiger partial charge in [0.1, 0.15) is 11.6 Å². The van der Waals surface area contributed by atoms with Crippen molar-refractivity contribution in [3.05, 3.63) is 54.0 Å². The van der Waals surface area contributed by atoms with E-state index in [4.69, 9.17) is 10.5 Å². The first-order chi connectivity index (χ1) is 12.5. The molecular formula is C18H18FN3O3S. The van der Waals surface area contributed by atoms with Crippen molar-refractivity contribution in [2.24, 2.45) is 11.7 Å². The van der Waals surface area contributed by atoms with Gasteiger partial charge in [-0.15, -0.1) is 0 Å². The molecule has 2 aromatic rings. The minimum atomic E-state index is -0.420. The lowest BCUT2D eigenvalue weighted by molar-refractivity contribution is -0.128. The van der Waals surface area contributed by atoms with Gasteiger partial charge in [0.05, 0.1) is 0 Å². The van der Waals surface area contributed by atoms with Gasteiger partial charge in [-0.3, -0.25) is 9.59 Å². The van der Waals surface area contributed by atoms with E-state index < -0.39 is 5.24 Å². The van der Waals surface area contributed by atoms with E-state index in [2.05, 4.69) is 4.98 Å². The summed E-state index contributed by atoms with van der Waals surface area (Å²) in [6, 6.07) is 9.23. The van der Waals surface area contributed by atoms with Crippen molar-refractivity contribution < 1.29 is 18.7 Å². The third-order valence-electron chi connectivity index (χ3n) is 3.96. The third-order valence-corrected chi connectivity index (χ3v) is 4.89. The first-order valence-corrected chi connectivity index (χ1v) is 9.06. The van der Waals surface area contributed by atoms with E-state index in [1.807, 2.05) is 6.07 Å². The van der Waals surface area contributed by atoms with Gasteiger partial charge >= 0.3 is 0 Å². The molecule has 0 unspecified atom stereocenters.